The lowest BCUT2D eigenvalue weighted by Crippen LogP contribution is -2.31. The molecule has 1 N–H and O–H groups in total. The van der Waals surface area contributed by atoms with Crippen LogP contribution < -0.4 is 0 Å². The Kier molecular flexibility index (Phi) is 3.72. The number of hydrogen-bond acceptors (Lipinski definition) is 5. The molecule has 0 fully saturated rings. The van der Waals surface area contributed by atoms with Crippen molar-refractivity contribution in [2.24, 2.45) is 0 Å². The first-order valence-electron chi connectivity index (χ1n) is 8.91. The van der Waals surface area contributed by atoms with E-state index in [-0.39, 0.29) is 11.8 Å². The molecule has 1 aromatic carbocycles. The highest BCUT2D eigenvalue weighted by Crippen LogP contribution is 2.34. The molecule has 7 nitrogen and oxygen atoms in total. The summed E-state index contributed by atoms with van der Waals surface area (Å²) in [6, 6.07) is 13.4. The van der Waals surface area contributed by atoms with Crippen molar-refractivity contribution in [3.63, 3.8) is 0 Å². The highest BCUT2D eigenvalue weighted by Gasteiger charge is 2.38. The first kappa shape index (κ1) is 16.3. The van der Waals surface area contributed by atoms with Crippen molar-refractivity contribution in [2.45, 2.75) is 6.42 Å². The molecular weight excluding hydrogens is 354 g/mol. The molecule has 0 saturated carbocycles. The molecule has 3 aromatic heterocycles. The van der Waals surface area contributed by atoms with Crippen molar-refractivity contribution in [3.8, 4) is 11.3 Å². The number of carbonyl (C=O) groups is 2. The van der Waals surface area contributed by atoms with E-state index >= 15 is 0 Å². The number of nitrogens with one attached hydrogen (secondary N) is 1. The number of carbonyl (C=O) groups excluding carboxylic acids is 2. The SMILES string of the molecule is O=C1c2cnc3n[nH]c(-c4ccncc4)c3c2C(=O)N1CCc1ccccc1. The molecule has 0 radical (unpaired) electrons. The Morgan fingerprint density at radius 3 is 2.54 bits per heavy atom. The largest absolute Gasteiger partial charge is 0.275 e. The van der Waals surface area contributed by atoms with Gasteiger partial charge in [-0.2, -0.15) is 5.10 Å². The number of aromatic nitrogens is 4. The van der Waals surface area contributed by atoms with Crippen LogP contribution in [-0.2, 0) is 6.42 Å². The smallest absolute Gasteiger partial charge is 0.263 e. The maximum Gasteiger partial charge on any atom is 0.263 e. The van der Waals surface area contributed by atoms with E-state index < -0.39 is 0 Å². The summed E-state index contributed by atoms with van der Waals surface area (Å²) in [7, 11) is 0. The van der Waals surface area contributed by atoms with Crippen LogP contribution in [0.4, 0.5) is 0 Å². The number of hydrogen-bond donors (Lipinski definition) is 1. The third-order valence-corrected chi connectivity index (χ3v) is 4.95. The maximum absolute atomic E-state index is 13.1. The Bertz CT molecular complexity index is 1200. The van der Waals surface area contributed by atoms with Crippen LogP contribution in [0.2, 0.25) is 0 Å². The summed E-state index contributed by atoms with van der Waals surface area (Å²) in [5.41, 5.74) is 3.66. The lowest BCUT2D eigenvalue weighted by Gasteiger charge is -2.13. The summed E-state index contributed by atoms with van der Waals surface area (Å²) in [6.07, 6.45) is 5.37. The predicted molar refractivity (Wildman–Crippen MR) is 103 cm³/mol. The number of imide groups is 1. The van der Waals surface area contributed by atoms with Crippen LogP contribution in [0, 0.1) is 0 Å². The van der Waals surface area contributed by atoms with E-state index in [1.807, 2.05) is 42.5 Å². The molecule has 0 aliphatic carbocycles. The minimum Gasteiger partial charge on any atom is -0.275 e. The third-order valence-electron chi connectivity index (χ3n) is 4.95. The molecule has 1 aliphatic rings. The van der Waals surface area contributed by atoms with E-state index in [1.165, 1.54) is 11.1 Å². The highest BCUT2D eigenvalue weighted by molar-refractivity contribution is 6.27. The van der Waals surface area contributed by atoms with Crippen molar-refractivity contribution >= 4 is 22.8 Å². The zero-order valence-electron chi connectivity index (χ0n) is 14.8. The topological polar surface area (TPSA) is 91.8 Å². The molecule has 0 spiro atoms. The number of pyridine rings is 2. The normalized spacial score (nSPS) is 13.4. The molecule has 136 valence electrons. The van der Waals surface area contributed by atoms with Crippen LogP contribution >= 0.6 is 0 Å². The van der Waals surface area contributed by atoms with Crippen molar-refractivity contribution in [1.82, 2.24) is 25.1 Å². The van der Waals surface area contributed by atoms with Crippen LogP contribution in [0.1, 0.15) is 26.3 Å². The van der Waals surface area contributed by atoms with Crippen molar-refractivity contribution in [3.05, 3.63) is 77.7 Å². The van der Waals surface area contributed by atoms with Gasteiger partial charge in [0.1, 0.15) is 0 Å². The lowest BCUT2D eigenvalue weighted by molar-refractivity contribution is 0.0656. The van der Waals surface area contributed by atoms with Gasteiger partial charge in [-0.1, -0.05) is 30.3 Å². The second kappa shape index (κ2) is 6.38. The summed E-state index contributed by atoms with van der Waals surface area (Å²) in [6.45, 7) is 0.320. The molecular formula is C21H15N5O2. The molecule has 28 heavy (non-hydrogen) atoms. The number of fused-ring (bicyclic) bond motifs is 3. The number of H-pyrrole nitrogens is 1. The summed E-state index contributed by atoms with van der Waals surface area (Å²) >= 11 is 0. The fraction of sp³-hybridized carbons (Fsp3) is 0.0952. The van der Waals surface area contributed by atoms with Gasteiger partial charge >= 0.3 is 0 Å². The molecule has 4 aromatic rings. The number of benzene rings is 1. The lowest BCUT2D eigenvalue weighted by atomic mass is 10.0. The quantitative estimate of drug-likeness (QED) is 0.559. The second-order valence-corrected chi connectivity index (χ2v) is 6.58. The minimum absolute atomic E-state index is 0.306. The van der Waals surface area contributed by atoms with Crippen LogP contribution in [0.15, 0.2) is 61.1 Å². The minimum atomic E-state index is -0.313. The number of amides is 2. The van der Waals surface area contributed by atoms with E-state index in [0.29, 0.717) is 40.8 Å². The van der Waals surface area contributed by atoms with Gasteiger partial charge in [0.25, 0.3) is 11.8 Å². The van der Waals surface area contributed by atoms with Gasteiger partial charge in [-0.3, -0.25) is 24.6 Å². The Balaban J connectivity index is 1.56. The Hall–Kier alpha value is -3.87. The van der Waals surface area contributed by atoms with Crippen molar-refractivity contribution in [2.75, 3.05) is 6.54 Å². The summed E-state index contributed by atoms with van der Waals surface area (Å²) in [5, 5.41) is 7.73. The zero-order chi connectivity index (χ0) is 19.1. The van der Waals surface area contributed by atoms with Gasteiger partial charge in [-0.15, -0.1) is 0 Å². The number of nitrogens with zero attached hydrogens (tertiary/aromatic N) is 4. The average Bonchev–Trinajstić information content (AvgIpc) is 3.27. The Morgan fingerprint density at radius 2 is 1.75 bits per heavy atom. The fourth-order valence-electron chi connectivity index (χ4n) is 3.56. The summed E-state index contributed by atoms with van der Waals surface area (Å²) in [4.78, 5) is 35.6. The first-order valence-corrected chi connectivity index (χ1v) is 8.91. The van der Waals surface area contributed by atoms with Crippen molar-refractivity contribution in [1.29, 1.82) is 0 Å². The van der Waals surface area contributed by atoms with E-state index in [4.69, 9.17) is 0 Å². The summed E-state index contributed by atoms with van der Waals surface area (Å²) in [5.74, 6) is -0.618. The molecule has 1 aliphatic heterocycles. The monoisotopic (exact) mass is 369 g/mol. The molecule has 5 rings (SSSR count). The highest BCUT2D eigenvalue weighted by atomic mass is 16.2. The van der Waals surface area contributed by atoms with Gasteiger partial charge in [-0.25, -0.2) is 4.98 Å². The molecule has 7 heteroatoms. The van der Waals surface area contributed by atoms with Crippen LogP contribution in [0.5, 0.6) is 0 Å². The summed E-state index contributed by atoms with van der Waals surface area (Å²) < 4.78 is 0. The molecule has 4 heterocycles. The van der Waals surface area contributed by atoms with Gasteiger partial charge in [0.2, 0.25) is 0 Å². The molecule has 0 bridgehead atoms. The van der Waals surface area contributed by atoms with Crippen LogP contribution in [0.3, 0.4) is 0 Å². The van der Waals surface area contributed by atoms with Crippen molar-refractivity contribution < 1.29 is 9.59 Å². The van der Waals surface area contributed by atoms with Crippen LogP contribution in [-0.4, -0.2) is 43.4 Å². The maximum atomic E-state index is 13.1. The Morgan fingerprint density at radius 1 is 0.964 bits per heavy atom. The Labute approximate surface area is 160 Å². The fourth-order valence-corrected chi connectivity index (χ4v) is 3.56. The number of aromatic amines is 1. The second-order valence-electron chi connectivity index (χ2n) is 6.58. The molecule has 0 atom stereocenters. The van der Waals surface area contributed by atoms with Gasteiger partial charge < -0.3 is 0 Å². The number of rotatable bonds is 4. The van der Waals surface area contributed by atoms with Gasteiger partial charge in [0.15, 0.2) is 5.65 Å². The molecule has 2 amide bonds. The molecule has 0 saturated heterocycles. The van der Waals surface area contributed by atoms with E-state index in [9.17, 15) is 9.59 Å². The standard InChI is InChI=1S/C21H15N5O2/c27-20-15-12-23-19-17(18(24-25-19)14-6-9-22-10-7-14)16(15)21(28)26(20)11-8-13-4-2-1-3-5-13/h1-7,9-10,12H,8,11H2,(H,23,24,25). The van der Waals surface area contributed by atoms with Crippen LogP contribution in [0.25, 0.3) is 22.3 Å². The van der Waals surface area contributed by atoms with Gasteiger partial charge in [0.05, 0.1) is 22.2 Å². The van der Waals surface area contributed by atoms with Gasteiger partial charge in [-0.05, 0) is 24.1 Å². The van der Waals surface area contributed by atoms with E-state index in [2.05, 4.69) is 20.2 Å². The predicted octanol–water partition coefficient (Wildman–Crippen LogP) is 2.86. The van der Waals surface area contributed by atoms with E-state index in [1.54, 1.807) is 12.4 Å². The van der Waals surface area contributed by atoms with Gasteiger partial charge in [0, 0.05) is 30.7 Å². The first-order chi connectivity index (χ1) is 13.7. The third kappa shape index (κ3) is 2.48. The zero-order valence-corrected chi connectivity index (χ0v) is 14.8. The molecule has 0 unspecified atom stereocenters. The van der Waals surface area contributed by atoms with E-state index in [0.717, 1.165) is 11.1 Å². The average molecular weight is 369 g/mol.